The average Bonchev–Trinajstić information content (AvgIpc) is 2.96. The van der Waals surface area contributed by atoms with Gasteiger partial charge >= 0.3 is 0 Å². The Balaban J connectivity index is 1.81. The fraction of sp³-hybridized carbons (Fsp3) is 0.143. The van der Waals surface area contributed by atoms with E-state index < -0.39 is 15.7 Å². The molecule has 1 N–H and O–H groups in total. The van der Waals surface area contributed by atoms with E-state index in [1.54, 1.807) is 41.3 Å². The first-order valence-corrected chi connectivity index (χ1v) is 10.7. The van der Waals surface area contributed by atoms with Crippen LogP contribution < -0.4 is 10.2 Å². The molecule has 1 aliphatic rings. The van der Waals surface area contributed by atoms with E-state index in [9.17, 15) is 18.0 Å². The summed E-state index contributed by atoms with van der Waals surface area (Å²) < 4.78 is 24.0. The highest BCUT2D eigenvalue weighted by molar-refractivity contribution is 7.90. The molecular formula is C21H18N2O4S. The van der Waals surface area contributed by atoms with Crippen LogP contribution in [-0.2, 0) is 9.84 Å². The fourth-order valence-electron chi connectivity index (χ4n) is 3.64. The second kappa shape index (κ2) is 6.45. The molecule has 4 rings (SSSR count). The van der Waals surface area contributed by atoms with Crippen molar-refractivity contribution in [1.82, 2.24) is 0 Å². The summed E-state index contributed by atoms with van der Waals surface area (Å²) in [6.45, 7) is 2.46. The lowest BCUT2D eigenvalue weighted by Crippen LogP contribution is -2.25. The Labute approximate surface area is 162 Å². The minimum absolute atomic E-state index is 0.0224. The van der Waals surface area contributed by atoms with E-state index in [2.05, 4.69) is 5.32 Å². The molecule has 1 aliphatic heterocycles. The first kappa shape index (κ1) is 18.2. The van der Waals surface area contributed by atoms with Crippen molar-refractivity contribution in [1.29, 1.82) is 0 Å². The number of carbonyl (C=O) groups excluding carboxylic acids is 2. The van der Waals surface area contributed by atoms with Crippen LogP contribution in [0.4, 0.5) is 11.4 Å². The average molecular weight is 394 g/mol. The highest BCUT2D eigenvalue weighted by atomic mass is 32.2. The number of nitrogens with zero attached hydrogens (tertiary/aromatic N) is 1. The van der Waals surface area contributed by atoms with Gasteiger partial charge in [-0.3, -0.25) is 9.59 Å². The molecule has 6 nitrogen and oxygen atoms in total. The van der Waals surface area contributed by atoms with Crippen LogP contribution in [0.2, 0.25) is 0 Å². The van der Waals surface area contributed by atoms with Gasteiger partial charge in [-0.1, -0.05) is 24.3 Å². The molecule has 0 atom stereocenters. The minimum Gasteiger partial charge on any atom is -0.321 e. The zero-order valence-corrected chi connectivity index (χ0v) is 16.2. The van der Waals surface area contributed by atoms with Crippen molar-refractivity contribution in [3.8, 4) is 0 Å². The number of hydrogen-bond donors (Lipinski definition) is 1. The number of nitrogens with one attached hydrogen (secondary N) is 1. The van der Waals surface area contributed by atoms with Gasteiger partial charge in [0.05, 0.1) is 16.1 Å². The van der Waals surface area contributed by atoms with Crippen molar-refractivity contribution in [2.24, 2.45) is 0 Å². The Kier molecular flexibility index (Phi) is 4.19. The third-order valence-electron chi connectivity index (χ3n) is 4.88. The molecule has 0 spiro atoms. The summed E-state index contributed by atoms with van der Waals surface area (Å²) >= 11 is 0. The third kappa shape index (κ3) is 2.75. The van der Waals surface area contributed by atoms with Crippen LogP contribution in [0.3, 0.4) is 0 Å². The smallest absolute Gasteiger partial charge is 0.258 e. The van der Waals surface area contributed by atoms with Crippen LogP contribution in [0.15, 0.2) is 59.5 Å². The van der Waals surface area contributed by atoms with Gasteiger partial charge in [-0.2, -0.15) is 0 Å². The molecule has 0 radical (unpaired) electrons. The second-order valence-electron chi connectivity index (χ2n) is 6.63. The zero-order valence-electron chi connectivity index (χ0n) is 15.4. The normalized spacial score (nSPS) is 13.2. The minimum atomic E-state index is -3.55. The van der Waals surface area contributed by atoms with Gasteiger partial charge in [0.15, 0.2) is 9.84 Å². The maximum Gasteiger partial charge on any atom is 0.258 e. The van der Waals surface area contributed by atoms with Crippen molar-refractivity contribution in [3.05, 3.63) is 65.7 Å². The predicted molar refractivity (Wildman–Crippen MR) is 109 cm³/mol. The van der Waals surface area contributed by atoms with Crippen molar-refractivity contribution in [3.63, 3.8) is 0 Å². The number of benzene rings is 3. The molecule has 0 bridgehead atoms. The van der Waals surface area contributed by atoms with Gasteiger partial charge in [-0.15, -0.1) is 0 Å². The van der Waals surface area contributed by atoms with Crippen molar-refractivity contribution >= 4 is 43.8 Å². The monoisotopic (exact) mass is 394 g/mol. The highest BCUT2D eigenvalue weighted by Crippen LogP contribution is 2.40. The summed E-state index contributed by atoms with van der Waals surface area (Å²) in [5.41, 5.74) is 2.02. The van der Waals surface area contributed by atoms with Gasteiger partial charge in [-0.05, 0) is 37.3 Å². The molecule has 142 valence electrons. The number of hydrogen-bond acceptors (Lipinski definition) is 4. The molecule has 3 aromatic carbocycles. The molecule has 0 saturated heterocycles. The number of sulfone groups is 1. The van der Waals surface area contributed by atoms with Crippen LogP contribution in [0, 0.1) is 0 Å². The fourth-order valence-corrected chi connectivity index (χ4v) is 4.52. The molecule has 0 fully saturated rings. The predicted octanol–water partition coefficient (Wildman–Crippen LogP) is 3.48. The number of rotatable bonds is 4. The summed E-state index contributed by atoms with van der Waals surface area (Å²) in [7, 11) is -3.55. The summed E-state index contributed by atoms with van der Waals surface area (Å²) in [5, 5.41) is 4.35. The lowest BCUT2D eigenvalue weighted by molar-refractivity contribution is 0.0992. The Bertz CT molecular complexity index is 1250. The molecule has 7 heteroatoms. The van der Waals surface area contributed by atoms with E-state index in [-0.39, 0.29) is 16.4 Å². The molecule has 0 aliphatic carbocycles. The van der Waals surface area contributed by atoms with Gasteiger partial charge in [-0.25, -0.2) is 8.42 Å². The van der Waals surface area contributed by atoms with Gasteiger partial charge in [0.2, 0.25) is 0 Å². The SMILES string of the molecule is CCN1C(=O)c2cccc3c(NC(=O)c4ccccc4S(C)(=O)=O)ccc1c23. The Morgan fingerprint density at radius 1 is 1.04 bits per heavy atom. The highest BCUT2D eigenvalue weighted by Gasteiger charge is 2.29. The third-order valence-corrected chi connectivity index (χ3v) is 6.04. The number of amides is 2. The van der Waals surface area contributed by atoms with Crippen LogP contribution in [0.1, 0.15) is 27.6 Å². The van der Waals surface area contributed by atoms with E-state index in [4.69, 9.17) is 0 Å². The molecule has 28 heavy (non-hydrogen) atoms. The van der Waals surface area contributed by atoms with Gasteiger partial charge < -0.3 is 10.2 Å². The van der Waals surface area contributed by atoms with Gasteiger partial charge in [0, 0.05) is 34.8 Å². The molecule has 0 unspecified atom stereocenters. The number of anilines is 2. The van der Waals surface area contributed by atoms with Gasteiger partial charge in [0.1, 0.15) is 0 Å². The molecule has 2 amide bonds. The maximum atomic E-state index is 12.8. The molecular weight excluding hydrogens is 376 g/mol. The van der Waals surface area contributed by atoms with Crippen molar-refractivity contribution < 1.29 is 18.0 Å². The lowest BCUT2D eigenvalue weighted by Gasteiger charge is -2.16. The van der Waals surface area contributed by atoms with E-state index in [0.29, 0.717) is 17.8 Å². The summed E-state index contributed by atoms with van der Waals surface area (Å²) in [5.74, 6) is -0.576. The van der Waals surface area contributed by atoms with Crippen molar-refractivity contribution in [2.45, 2.75) is 11.8 Å². The largest absolute Gasteiger partial charge is 0.321 e. The Morgan fingerprint density at radius 2 is 1.79 bits per heavy atom. The van der Waals surface area contributed by atoms with E-state index in [1.165, 1.54) is 12.1 Å². The van der Waals surface area contributed by atoms with Crippen LogP contribution in [0.25, 0.3) is 10.8 Å². The summed E-state index contributed by atoms with van der Waals surface area (Å²) in [6.07, 6.45) is 1.07. The number of carbonyl (C=O) groups is 2. The summed E-state index contributed by atoms with van der Waals surface area (Å²) in [4.78, 5) is 27.1. The van der Waals surface area contributed by atoms with Gasteiger partial charge in [0.25, 0.3) is 11.8 Å². The van der Waals surface area contributed by atoms with E-state index in [0.717, 1.165) is 22.7 Å². The standard InChI is InChI=1S/C21H18N2O4S/c1-3-23-17-12-11-16(13-8-6-9-15(19(13)17)21(23)25)22-20(24)14-7-4-5-10-18(14)28(2,26)27/h4-12H,3H2,1-2H3,(H,22,24). The van der Waals surface area contributed by atoms with Crippen LogP contribution in [-0.4, -0.2) is 33.0 Å². The Hall–Kier alpha value is -3.19. The lowest BCUT2D eigenvalue weighted by atomic mass is 10.0. The van der Waals surface area contributed by atoms with E-state index >= 15 is 0 Å². The topological polar surface area (TPSA) is 83.6 Å². The Morgan fingerprint density at radius 3 is 2.50 bits per heavy atom. The zero-order chi connectivity index (χ0) is 20.1. The first-order valence-electron chi connectivity index (χ1n) is 8.81. The maximum absolute atomic E-state index is 12.8. The van der Waals surface area contributed by atoms with Crippen molar-refractivity contribution in [2.75, 3.05) is 23.0 Å². The quantitative estimate of drug-likeness (QED) is 0.734. The van der Waals surface area contributed by atoms with E-state index in [1.807, 2.05) is 13.0 Å². The summed E-state index contributed by atoms with van der Waals surface area (Å²) in [6, 6.07) is 15.0. The second-order valence-corrected chi connectivity index (χ2v) is 8.62. The first-order chi connectivity index (χ1) is 13.3. The molecule has 0 aromatic heterocycles. The molecule has 1 heterocycles. The molecule has 3 aromatic rings. The molecule has 0 saturated carbocycles. The van der Waals surface area contributed by atoms with Crippen LogP contribution >= 0.6 is 0 Å². The van der Waals surface area contributed by atoms with Crippen LogP contribution in [0.5, 0.6) is 0 Å².